The first kappa shape index (κ1) is 32.3. The van der Waals surface area contributed by atoms with Gasteiger partial charge in [0.05, 0.1) is 44.2 Å². The molecule has 0 unspecified atom stereocenters. The van der Waals surface area contributed by atoms with Gasteiger partial charge in [0.25, 0.3) is 0 Å². The summed E-state index contributed by atoms with van der Waals surface area (Å²) in [4.78, 5) is 18.2. The number of nitrogens with zero attached hydrogens (tertiary/aromatic N) is 6. The van der Waals surface area contributed by atoms with Gasteiger partial charge < -0.3 is 10.2 Å². The molecule has 0 amide bonds. The van der Waals surface area contributed by atoms with E-state index in [-0.39, 0.29) is 11.5 Å². The molecule has 5 aromatic carbocycles. The summed E-state index contributed by atoms with van der Waals surface area (Å²) in [7, 11) is 0. The van der Waals surface area contributed by atoms with E-state index in [1.165, 1.54) is 22.7 Å². The van der Waals surface area contributed by atoms with Crippen LogP contribution in [-0.4, -0.2) is 45.0 Å². The normalized spacial score (nSPS) is 12.0. The van der Waals surface area contributed by atoms with E-state index in [1.807, 2.05) is 111 Å². The summed E-state index contributed by atoms with van der Waals surface area (Å²) < 4.78 is 2.14. The Hall–Kier alpha value is -6.24. The van der Waals surface area contributed by atoms with Gasteiger partial charge in [-0.25, -0.2) is 9.97 Å². The van der Waals surface area contributed by atoms with Crippen LogP contribution in [0.5, 0.6) is 11.5 Å². The molecule has 0 aliphatic carbocycles. The van der Waals surface area contributed by atoms with E-state index >= 15 is 0 Å². The van der Waals surface area contributed by atoms with Crippen LogP contribution in [0.2, 0.25) is 0 Å². The Labute approximate surface area is 295 Å². The van der Waals surface area contributed by atoms with Crippen LogP contribution in [0.25, 0.3) is 20.4 Å². The number of nitrogens with one attached hydrogen (secondary N) is 2. The lowest BCUT2D eigenvalue weighted by Gasteiger charge is -2.06. The van der Waals surface area contributed by atoms with E-state index in [0.717, 1.165) is 31.6 Å². The zero-order valence-corrected chi connectivity index (χ0v) is 28.6. The smallest absolute Gasteiger partial charge is 0.204 e. The largest absolute Gasteiger partial charge is 0.507 e. The number of phenols is 2. The average molecular weight is 695 g/mol. The number of phenolic OH excluding ortho intramolecular Hbond substituents is 2. The molecule has 246 valence electrons. The minimum absolute atomic E-state index is 0.0744. The van der Waals surface area contributed by atoms with Gasteiger partial charge in [0.1, 0.15) is 11.5 Å². The number of aromatic hydroxyl groups is 2. The number of fused-ring (bicyclic) bond motifs is 2. The van der Waals surface area contributed by atoms with Crippen LogP contribution in [0.1, 0.15) is 33.4 Å². The Morgan fingerprint density at radius 1 is 0.540 bits per heavy atom. The van der Waals surface area contributed by atoms with Crippen molar-refractivity contribution in [1.29, 1.82) is 0 Å². The second-order valence-electron chi connectivity index (χ2n) is 11.3. The topological polar surface area (TPSA) is 140 Å². The maximum atomic E-state index is 10.9. The number of aliphatic imine (C=N–C) groups is 2. The third kappa shape index (κ3) is 7.57. The fourth-order valence-corrected chi connectivity index (χ4v) is 6.76. The van der Waals surface area contributed by atoms with Crippen LogP contribution in [0.4, 0.5) is 21.6 Å². The summed E-state index contributed by atoms with van der Waals surface area (Å²) in [6.45, 7) is 3.90. The molecular weight excluding hydrogens is 665 g/mol. The van der Waals surface area contributed by atoms with Crippen molar-refractivity contribution in [3.05, 3.63) is 130 Å². The number of benzene rings is 5. The number of aryl methyl sites for hydroxylation is 2. The standard InChI is InChI=1S/C38H30N8O2S2/c1-23-15-25(35(47)27(17-23)21-41-45-37-43-31-7-3-5-9-33(31)49-37)19-39-29-11-13-30(14-12-29)40-20-26-16-24(2)18-28(36(26)48)22-42-46-38-44-32-8-4-6-10-34(32)50-38/h3-22,47-48H,1-2H3,(H,43,45)(H,44,46)/b39-19?,40-20?,41-21+,42-22+. The quantitative estimate of drug-likeness (QED) is 0.0831. The average Bonchev–Trinajstić information content (AvgIpc) is 3.73. The second-order valence-corrected chi connectivity index (χ2v) is 13.4. The number of anilines is 2. The van der Waals surface area contributed by atoms with E-state index < -0.39 is 0 Å². The van der Waals surface area contributed by atoms with Crippen molar-refractivity contribution in [2.24, 2.45) is 20.2 Å². The first-order valence-corrected chi connectivity index (χ1v) is 17.2. The molecule has 4 N–H and O–H groups in total. The molecule has 7 aromatic rings. The van der Waals surface area contributed by atoms with Gasteiger partial charge in [0.15, 0.2) is 0 Å². The summed E-state index contributed by atoms with van der Waals surface area (Å²) in [5.74, 6) is 0.149. The van der Waals surface area contributed by atoms with Gasteiger partial charge in [-0.2, -0.15) is 10.2 Å². The van der Waals surface area contributed by atoms with Gasteiger partial charge in [-0.15, -0.1) is 0 Å². The molecule has 2 heterocycles. The van der Waals surface area contributed by atoms with Gasteiger partial charge in [0.2, 0.25) is 10.3 Å². The zero-order valence-electron chi connectivity index (χ0n) is 26.9. The minimum Gasteiger partial charge on any atom is -0.507 e. The monoisotopic (exact) mass is 694 g/mol. The molecular formula is C38H30N8O2S2. The van der Waals surface area contributed by atoms with Crippen molar-refractivity contribution in [3.63, 3.8) is 0 Å². The van der Waals surface area contributed by atoms with Gasteiger partial charge >= 0.3 is 0 Å². The molecule has 0 aliphatic rings. The Balaban J connectivity index is 1.00. The van der Waals surface area contributed by atoms with Crippen molar-refractivity contribution in [3.8, 4) is 11.5 Å². The Kier molecular flexibility index (Phi) is 9.36. The Bertz CT molecular complexity index is 2210. The van der Waals surface area contributed by atoms with Crippen molar-refractivity contribution >= 4 is 89.6 Å². The van der Waals surface area contributed by atoms with Gasteiger partial charge in [-0.1, -0.05) is 46.9 Å². The predicted molar refractivity (Wildman–Crippen MR) is 208 cm³/mol. The van der Waals surface area contributed by atoms with E-state index in [1.54, 1.807) is 24.9 Å². The molecule has 0 aliphatic heterocycles. The maximum absolute atomic E-state index is 10.9. The summed E-state index contributed by atoms with van der Waals surface area (Å²) in [5, 5.41) is 31.8. The highest BCUT2D eigenvalue weighted by atomic mass is 32.1. The van der Waals surface area contributed by atoms with Crippen LogP contribution in [0, 0.1) is 13.8 Å². The highest BCUT2D eigenvalue weighted by Crippen LogP contribution is 2.28. The van der Waals surface area contributed by atoms with Crippen LogP contribution in [-0.2, 0) is 0 Å². The molecule has 0 fully saturated rings. The van der Waals surface area contributed by atoms with Crippen molar-refractivity contribution in [2.75, 3.05) is 10.9 Å². The number of para-hydroxylation sites is 2. The number of thiazole rings is 2. The molecule has 7 rings (SSSR count). The minimum atomic E-state index is 0.0744. The number of rotatable bonds is 10. The summed E-state index contributed by atoms with van der Waals surface area (Å²) >= 11 is 3.01. The van der Waals surface area contributed by atoms with E-state index in [4.69, 9.17) is 0 Å². The maximum Gasteiger partial charge on any atom is 0.204 e. The highest BCUT2D eigenvalue weighted by Gasteiger charge is 2.09. The lowest BCUT2D eigenvalue weighted by atomic mass is 10.1. The van der Waals surface area contributed by atoms with Crippen molar-refractivity contribution in [1.82, 2.24) is 9.97 Å². The molecule has 10 nitrogen and oxygen atoms in total. The fraction of sp³-hybridized carbons (Fsp3) is 0.0526. The number of hydrogen-bond acceptors (Lipinski definition) is 12. The van der Waals surface area contributed by atoms with E-state index in [0.29, 0.717) is 43.9 Å². The molecule has 0 saturated heterocycles. The van der Waals surface area contributed by atoms with Gasteiger partial charge in [-0.05, 0) is 97.8 Å². The Morgan fingerprint density at radius 3 is 1.32 bits per heavy atom. The number of hydrogen-bond donors (Lipinski definition) is 4. The molecule has 12 heteroatoms. The molecule has 0 saturated carbocycles. The third-order valence-corrected chi connectivity index (χ3v) is 9.38. The first-order chi connectivity index (χ1) is 24.4. The van der Waals surface area contributed by atoms with Gasteiger partial charge in [0, 0.05) is 34.7 Å². The van der Waals surface area contributed by atoms with Crippen LogP contribution in [0.3, 0.4) is 0 Å². The lowest BCUT2D eigenvalue weighted by Crippen LogP contribution is -1.94. The number of hydrazone groups is 2. The van der Waals surface area contributed by atoms with Crippen LogP contribution >= 0.6 is 22.7 Å². The first-order valence-electron chi connectivity index (χ1n) is 15.5. The third-order valence-electron chi connectivity index (χ3n) is 7.50. The number of aromatic nitrogens is 2. The fourth-order valence-electron chi connectivity index (χ4n) is 5.13. The molecule has 50 heavy (non-hydrogen) atoms. The van der Waals surface area contributed by atoms with E-state index in [2.05, 4.69) is 41.0 Å². The highest BCUT2D eigenvalue weighted by molar-refractivity contribution is 7.22. The summed E-state index contributed by atoms with van der Waals surface area (Å²) in [6.07, 6.45) is 6.39. The summed E-state index contributed by atoms with van der Waals surface area (Å²) in [5.41, 5.74) is 13.3. The van der Waals surface area contributed by atoms with Gasteiger partial charge in [-0.3, -0.25) is 20.8 Å². The van der Waals surface area contributed by atoms with Crippen molar-refractivity contribution < 1.29 is 10.2 Å². The molecule has 0 bridgehead atoms. The second kappa shape index (κ2) is 14.5. The van der Waals surface area contributed by atoms with E-state index in [9.17, 15) is 10.2 Å². The molecule has 0 radical (unpaired) electrons. The summed E-state index contributed by atoms with van der Waals surface area (Å²) in [6, 6.07) is 30.5. The predicted octanol–water partition coefficient (Wildman–Crippen LogP) is 9.33. The molecule has 0 atom stereocenters. The molecule has 2 aromatic heterocycles. The van der Waals surface area contributed by atoms with Crippen molar-refractivity contribution in [2.45, 2.75) is 13.8 Å². The van der Waals surface area contributed by atoms with Crippen LogP contribution < -0.4 is 10.9 Å². The SMILES string of the molecule is Cc1cc(C=Nc2ccc(N=Cc3cc(C)cc(/C=N/Nc4nc5ccccc5s4)c3O)cc2)c(O)c(/C=N/Nc2nc3ccccc3s2)c1. The zero-order chi connectivity index (χ0) is 34.5. The van der Waals surface area contributed by atoms with Crippen LogP contribution in [0.15, 0.2) is 117 Å². The molecule has 0 spiro atoms. The Morgan fingerprint density at radius 2 is 0.920 bits per heavy atom. The lowest BCUT2D eigenvalue weighted by molar-refractivity contribution is 0.473.